The van der Waals surface area contributed by atoms with Crippen LogP contribution in [0.3, 0.4) is 0 Å². The van der Waals surface area contributed by atoms with Crippen LogP contribution in [0.15, 0.2) is 0 Å². The number of hydrogen-bond acceptors (Lipinski definition) is 6. The summed E-state index contributed by atoms with van der Waals surface area (Å²) in [6.45, 7) is 7.31. The second-order valence-corrected chi connectivity index (χ2v) is 4.62. The smallest absolute Gasteiger partial charge is 0.325 e. The normalized spacial score (nSPS) is 13.5. The second kappa shape index (κ2) is 8.41. The SMILES string of the molecule is CC(C)(C)OC(=O)[C@@H](N)COCCOCCN. The van der Waals surface area contributed by atoms with Crippen LogP contribution >= 0.6 is 0 Å². The molecule has 0 aromatic carbocycles. The van der Waals surface area contributed by atoms with Gasteiger partial charge in [0.25, 0.3) is 0 Å². The number of ether oxygens (including phenoxy) is 3. The summed E-state index contributed by atoms with van der Waals surface area (Å²) in [6.07, 6.45) is 0. The Hall–Kier alpha value is -0.690. The highest BCUT2D eigenvalue weighted by molar-refractivity contribution is 5.76. The maximum Gasteiger partial charge on any atom is 0.325 e. The fourth-order valence-corrected chi connectivity index (χ4v) is 0.959. The zero-order valence-corrected chi connectivity index (χ0v) is 10.9. The first kappa shape index (κ1) is 16.3. The van der Waals surface area contributed by atoms with Crippen molar-refractivity contribution in [2.24, 2.45) is 11.5 Å². The highest BCUT2D eigenvalue weighted by atomic mass is 16.6. The summed E-state index contributed by atoms with van der Waals surface area (Å²) < 4.78 is 15.4. The standard InChI is InChI=1S/C11H24N2O4/c1-11(2,3)17-10(14)9(13)8-16-7-6-15-5-4-12/h9H,4-8,12-13H2,1-3H3/t9-/m0/s1. The Balaban J connectivity index is 3.58. The van der Waals surface area contributed by atoms with Crippen molar-refractivity contribution < 1.29 is 19.0 Å². The van der Waals surface area contributed by atoms with Crippen molar-refractivity contribution in [1.82, 2.24) is 0 Å². The van der Waals surface area contributed by atoms with Crippen molar-refractivity contribution in [1.29, 1.82) is 0 Å². The van der Waals surface area contributed by atoms with E-state index in [-0.39, 0.29) is 6.61 Å². The number of carbonyl (C=O) groups excluding carboxylic acids is 1. The lowest BCUT2D eigenvalue weighted by atomic mass is 10.2. The van der Waals surface area contributed by atoms with E-state index >= 15 is 0 Å². The van der Waals surface area contributed by atoms with Gasteiger partial charge in [0.2, 0.25) is 0 Å². The van der Waals surface area contributed by atoms with Crippen molar-refractivity contribution in [3.63, 3.8) is 0 Å². The minimum Gasteiger partial charge on any atom is -0.459 e. The summed E-state index contributed by atoms with van der Waals surface area (Å²) in [5.74, 6) is -0.458. The Bertz CT molecular complexity index is 216. The van der Waals surface area contributed by atoms with Crippen molar-refractivity contribution in [3.05, 3.63) is 0 Å². The van der Waals surface area contributed by atoms with Crippen LogP contribution in [0.2, 0.25) is 0 Å². The molecule has 0 aromatic rings. The molecule has 0 saturated heterocycles. The highest BCUT2D eigenvalue weighted by Gasteiger charge is 2.21. The molecule has 6 heteroatoms. The molecule has 1 atom stereocenters. The van der Waals surface area contributed by atoms with Gasteiger partial charge in [0.1, 0.15) is 11.6 Å². The average Bonchev–Trinajstić information content (AvgIpc) is 2.20. The van der Waals surface area contributed by atoms with Gasteiger partial charge < -0.3 is 25.7 Å². The Morgan fingerprint density at radius 2 is 1.76 bits per heavy atom. The van der Waals surface area contributed by atoms with E-state index in [1.165, 1.54) is 0 Å². The van der Waals surface area contributed by atoms with Crippen molar-refractivity contribution in [2.75, 3.05) is 33.0 Å². The van der Waals surface area contributed by atoms with E-state index in [4.69, 9.17) is 25.7 Å². The van der Waals surface area contributed by atoms with Gasteiger partial charge in [-0.1, -0.05) is 0 Å². The van der Waals surface area contributed by atoms with Crippen LogP contribution < -0.4 is 11.5 Å². The van der Waals surface area contributed by atoms with E-state index in [9.17, 15) is 4.79 Å². The molecule has 0 aliphatic rings. The third-order valence-electron chi connectivity index (χ3n) is 1.64. The van der Waals surface area contributed by atoms with Crippen molar-refractivity contribution >= 4 is 5.97 Å². The molecule has 0 unspecified atom stereocenters. The van der Waals surface area contributed by atoms with E-state index in [2.05, 4.69) is 0 Å². The molecule has 0 rings (SSSR count). The molecule has 0 amide bonds. The highest BCUT2D eigenvalue weighted by Crippen LogP contribution is 2.07. The zero-order chi connectivity index (χ0) is 13.3. The fraction of sp³-hybridized carbons (Fsp3) is 0.909. The number of rotatable bonds is 8. The third kappa shape index (κ3) is 10.2. The minimum atomic E-state index is -0.760. The van der Waals surface area contributed by atoms with Gasteiger partial charge in [-0.3, -0.25) is 4.79 Å². The summed E-state index contributed by atoms with van der Waals surface area (Å²) in [5, 5.41) is 0. The molecule has 0 saturated carbocycles. The van der Waals surface area contributed by atoms with E-state index in [0.717, 1.165) is 0 Å². The maximum absolute atomic E-state index is 11.4. The monoisotopic (exact) mass is 248 g/mol. The van der Waals surface area contributed by atoms with Gasteiger partial charge in [-0.05, 0) is 20.8 Å². The van der Waals surface area contributed by atoms with Gasteiger partial charge in [-0.15, -0.1) is 0 Å². The Morgan fingerprint density at radius 3 is 2.29 bits per heavy atom. The molecule has 0 radical (unpaired) electrons. The number of carbonyl (C=O) groups is 1. The molecule has 0 aromatic heterocycles. The minimum absolute atomic E-state index is 0.126. The summed E-state index contributed by atoms with van der Waals surface area (Å²) in [7, 11) is 0. The van der Waals surface area contributed by atoms with Gasteiger partial charge in [0.05, 0.1) is 26.4 Å². The first-order valence-electron chi connectivity index (χ1n) is 5.71. The van der Waals surface area contributed by atoms with Crippen LogP contribution in [0.25, 0.3) is 0 Å². The summed E-state index contributed by atoms with van der Waals surface area (Å²) in [4.78, 5) is 11.4. The van der Waals surface area contributed by atoms with Gasteiger partial charge in [-0.25, -0.2) is 0 Å². The topological polar surface area (TPSA) is 96.8 Å². The van der Waals surface area contributed by atoms with Crippen LogP contribution in [0.1, 0.15) is 20.8 Å². The van der Waals surface area contributed by atoms with Crippen LogP contribution in [0, 0.1) is 0 Å². The molecule has 0 aliphatic carbocycles. The van der Waals surface area contributed by atoms with Crippen molar-refractivity contribution in [3.8, 4) is 0 Å². The largest absolute Gasteiger partial charge is 0.459 e. The van der Waals surface area contributed by atoms with E-state index in [1.54, 1.807) is 20.8 Å². The molecule has 0 aliphatic heterocycles. The Kier molecular flexibility index (Phi) is 8.07. The molecule has 0 bridgehead atoms. The fourth-order valence-electron chi connectivity index (χ4n) is 0.959. The molecule has 0 heterocycles. The quantitative estimate of drug-likeness (QED) is 0.450. The van der Waals surface area contributed by atoms with Gasteiger partial charge in [0.15, 0.2) is 0 Å². The number of nitrogens with two attached hydrogens (primary N) is 2. The van der Waals surface area contributed by atoms with Crippen LogP contribution in [0.4, 0.5) is 0 Å². The first-order chi connectivity index (χ1) is 7.87. The lowest BCUT2D eigenvalue weighted by molar-refractivity contribution is -0.158. The predicted octanol–water partition coefficient (Wildman–Crippen LogP) is -0.353. The number of hydrogen-bond donors (Lipinski definition) is 2. The van der Waals surface area contributed by atoms with E-state index in [1.807, 2.05) is 0 Å². The lowest BCUT2D eigenvalue weighted by Gasteiger charge is -2.22. The summed E-state index contributed by atoms with van der Waals surface area (Å²) >= 11 is 0. The molecular formula is C11H24N2O4. The molecule has 0 spiro atoms. The van der Waals surface area contributed by atoms with Crippen LogP contribution in [0.5, 0.6) is 0 Å². The molecule has 4 N–H and O–H groups in total. The van der Waals surface area contributed by atoms with Gasteiger partial charge in [0, 0.05) is 6.54 Å². The van der Waals surface area contributed by atoms with Crippen LogP contribution in [-0.2, 0) is 19.0 Å². The third-order valence-corrected chi connectivity index (χ3v) is 1.64. The zero-order valence-electron chi connectivity index (χ0n) is 10.9. The molecule has 102 valence electrons. The molecule has 0 fully saturated rings. The predicted molar refractivity (Wildman–Crippen MR) is 64.5 cm³/mol. The molecular weight excluding hydrogens is 224 g/mol. The van der Waals surface area contributed by atoms with E-state index < -0.39 is 17.6 Å². The summed E-state index contributed by atoms with van der Waals surface area (Å²) in [5.41, 5.74) is 10.3. The average molecular weight is 248 g/mol. The van der Waals surface area contributed by atoms with Crippen LogP contribution in [-0.4, -0.2) is 50.6 Å². The summed E-state index contributed by atoms with van der Waals surface area (Å²) in [6, 6.07) is -0.760. The molecule has 6 nitrogen and oxygen atoms in total. The maximum atomic E-state index is 11.4. The molecule has 17 heavy (non-hydrogen) atoms. The first-order valence-corrected chi connectivity index (χ1v) is 5.71. The van der Waals surface area contributed by atoms with Gasteiger partial charge >= 0.3 is 5.97 Å². The van der Waals surface area contributed by atoms with Gasteiger partial charge in [-0.2, -0.15) is 0 Å². The van der Waals surface area contributed by atoms with Crippen molar-refractivity contribution in [2.45, 2.75) is 32.4 Å². The Morgan fingerprint density at radius 1 is 1.18 bits per heavy atom. The lowest BCUT2D eigenvalue weighted by Crippen LogP contribution is -2.40. The van der Waals surface area contributed by atoms with E-state index in [0.29, 0.717) is 26.4 Å². The number of esters is 1. The Labute approximate surface area is 103 Å². The second-order valence-electron chi connectivity index (χ2n) is 4.62.